The predicted octanol–water partition coefficient (Wildman–Crippen LogP) is 1.80. The van der Waals surface area contributed by atoms with Gasteiger partial charge in [-0.2, -0.15) is 0 Å². The molecule has 2 amide bonds. The topological polar surface area (TPSA) is 75.4 Å². The lowest BCUT2D eigenvalue weighted by molar-refractivity contribution is -0.137. The molecule has 126 valence electrons. The number of thioether (sulfide) groups is 1. The van der Waals surface area contributed by atoms with E-state index >= 15 is 0 Å². The van der Waals surface area contributed by atoms with Crippen molar-refractivity contribution in [3.8, 4) is 0 Å². The van der Waals surface area contributed by atoms with Crippen molar-refractivity contribution >= 4 is 34.5 Å². The average Bonchev–Trinajstić information content (AvgIpc) is 3.14. The lowest BCUT2D eigenvalue weighted by Crippen LogP contribution is -2.48. The van der Waals surface area contributed by atoms with E-state index in [0.717, 1.165) is 11.9 Å². The summed E-state index contributed by atoms with van der Waals surface area (Å²) in [5, 5.41) is 7.85. The van der Waals surface area contributed by atoms with Crippen molar-refractivity contribution in [1.82, 2.24) is 15.4 Å². The molecule has 2 aromatic rings. The molecule has 6 nitrogen and oxygen atoms in total. The molecule has 1 N–H and O–H groups in total. The van der Waals surface area contributed by atoms with Crippen LogP contribution in [0.3, 0.4) is 0 Å². The number of rotatable bonds is 5. The second kappa shape index (κ2) is 6.47. The first-order valence-electron chi connectivity index (χ1n) is 8.20. The molecule has 1 aliphatic carbocycles. The molecule has 0 bridgehead atoms. The molecule has 1 atom stereocenters. The van der Waals surface area contributed by atoms with E-state index in [4.69, 9.17) is 4.52 Å². The normalized spacial score (nSPS) is 20.5. The van der Waals surface area contributed by atoms with Gasteiger partial charge < -0.3 is 14.7 Å². The average molecular weight is 345 g/mol. The maximum atomic E-state index is 12.7. The van der Waals surface area contributed by atoms with Gasteiger partial charge >= 0.3 is 0 Å². The van der Waals surface area contributed by atoms with Crippen molar-refractivity contribution in [1.29, 1.82) is 0 Å². The molecule has 2 fully saturated rings. The largest absolute Gasteiger partial charge is 0.356 e. The Morgan fingerprint density at radius 3 is 3.00 bits per heavy atom. The van der Waals surface area contributed by atoms with E-state index in [0.29, 0.717) is 28.8 Å². The Morgan fingerprint density at radius 2 is 2.17 bits per heavy atom. The fourth-order valence-electron chi connectivity index (χ4n) is 2.90. The fourth-order valence-corrected chi connectivity index (χ4v) is 4.08. The highest BCUT2D eigenvalue weighted by Crippen LogP contribution is 2.28. The number of para-hydroxylation sites is 1. The first kappa shape index (κ1) is 15.5. The van der Waals surface area contributed by atoms with Crippen molar-refractivity contribution in [2.24, 2.45) is 5.92 Å². The van der Waals surface area contributed by atoms with Gasteiger partial charge in [0.1, 0.15) is 11.7 Å². The minimum Gasteiger partial charge on any atom is -0.356 e. The van der Waals surface area contributed by atoms with Crippen LogP contribution in [-0.2, 0) is 16.0 Å². The number of fused-ring (bicyclic) bond motifs is 1. The van der Waals surface area contributed by atoms with E-state index < -0.39 is 0 Å². The van der Waals surface area contributed by atoms with Crippen molar-refractivity contribution in [3.05, 3.63) is 30.0 Å². The molecule has 1 saturated carbocycles. The number of aromatic nitrogens is 1. The van der Waals surface area contributed by atoms with Gasteiger partial charge in [0.15, 0.2) is 5.58 Å². The monoisotopic (exact) mass is 345 g/mol. The number of hydrogen-bond acceptors (Lipinski definition) is 5. The van der Waals surface area contributed by atoms with Crippen LogP contribution < -0.4 is 5.32 Å². The zero-order valence-electron chi connectivity index (χ0n) is 13.2. The van der Waals surface area contributed by atoms with Gasteiger partial charge in [-0.25, -0.2) is 0 Å². The van der Waals surface area contributed by atoms with Crippen LogP contribution in [0.2, 0.25) is 0 Å². The number of carbonyl (C=O) groups excluding carboxylic acids is 2. The third-order valence-corrected chi connectivity index (χ3v) is 5.55. The van der Waals surface area contributed by atoms with Gasteiger partial charge in [-0.1, -0.05) is 17.3 Å². The zero-order valence-corrected chi connectivity index (χ0v) is 14.1. The molecule has 1 aromatic carbocycles. The van der Waals surface area contributed by atoms with Gasteiger partial charge in [-0.3, -0.25) is 9.59 Å². The summed E-state index contributed by atoms with van der Waals surface area (Å²) >= 11 is 1.61. The summed E-state index contributed by atoms with van der Waals surface area (Å²) in [7, 11) is 0. The number of nitrogens with one attached hydrogen (secondary N) is 1. The molecule has 4 rings (SSSR count). The lowest BCUT2D eigenvalue weighted by atomic mass is 10.1. The van der Waals surface area contributed by atoms with Crippen LogP contribution in [0.1, 0.15) is 18.5 Å². The molecule has 0 radical (unpaired) electrons. The second-order valence-corrected chi connectivity index (χ2v) is 7.37. The number of hydrogen-bond donors (Lipinski definition) is 1. The molecule has 1 aliphatic heterocycles. The first-order valence-corrected chi connectivity index (χ1v) is 9.36. The second-order valence-electron chi connectivity index (χ2n) is 6.37. The van der Waals surface area contributed by atoms with Crippen LogP contribution in [0.4, 0.5) is 0 Å². The van der Waals surface area contributed by atoms with E-state index in [2.05, 4.69) is 10.5 Å². The number of amides is 2. The Bertz CT molecular complexity index is 771. The maximum Gasteiger partial charge on any atom is 0.243 e. The van der Waals surface area contributed by atoms with E-state index in [9.17, 15) is 9.59 Å². The summed E-state index contributed by atoms with van der Waals surface area (Å²) in [6.07, 6.45) is 2.55. The number of benzene rings is 1. The van der Waals surface area contributed by atoms with Gasteiger partial charge in [-0.15, -0.1) is 11.8 Å². The maximum absolute atomic E-state index is 12.7. The highest BCUT2D eigenvalue weighted by Gasteiger charge is 2.35. The highest BCUT2D eigenvalue weighted by atomic mass is 32.2. The minimum absolute atomic E-state index is 0.0368. The van der Waals surface area contributed by atoms with E-state index in [1.54, 1.807) is 16.7 Å². The lowest BCUT2D eigenvalue weighted by Gasteiger charge is -2.22. The SMILES string of the molecule is O=C(NCC1CC1)[C@@H]1CSCN1C(=O)Cc1noc2ccccc12. The summed E-state index contributed by atoms with van der Waals surface area (Å²) in [6.45, 7) is 0.732. The standard InChI is InChI=1S/C17H19N3O3S/c21-16(7-13-12-3-1-2-4-15(12)23-19-13)20-10-24-9-14(20)17(22)18-8-11-5-6-11/h1-4,11,14H,5-10H2,(H,18,22)/t14-/m0/s1. The van der Waals surface area contributed by atoms with Crippen LogP contribution >= 0.6 is 11.8 Å². The van der Waals surface area contributed by atoms with Crippen molar-refractivity contribution in [2.75, 3.05) is 18.2 Å². The Kier molecular flexibility index (Phi) is 4.18. The molecule has 0 spiro atoms. The van der Waals surface area contributed by atoms with Gasteiger partial charge in [0.2, 0.25) is 11.8 Å². The Labute approximate surface area is 143 Å². The molecule has 1 aromatic heterocycles. The van der Waals surface area contributed by atoms with Crippen LogP contribution in [-0.4, -0.2) is 46.1 Å². The third-order valence-electron chi connectivity index (χ3n) is 4.54. The Balaban J connectivity index is 1.43. The van der Waals surface area contributed by atoms with Crippen LogP contribution in [0, 0.1) is 5.92 Å². The third kappa shape index (κ3) is 3.13. The zero-order chi connectivity index (χ0) is 16.5. The van der Waals surface area contributed by atoms with Crippen LogP contribution in [0.25, 0.3) is 11.0 Å². The summed E-state index contributed by atoms with van der Waals surface area (Å²) < 4.78 is 5.25. The van der Waals surface area contributed by atoms with Gasteiger partial charge in [0.05, 0.1) is 12.3 Å². The van der Waals surface area contributed by atoms with Gasteiger partial charge in [0.25, 0.3) is 0 Å². The summed E-state index contributed by atoms with van der Waals surface area (Å²) in [4.78, 5) is 26.7. The minimum atomic E-state index is -0.376. The summed E-state index contributed by atoms with van der Waals surface area (Å²) in [6, 6.07) is 7.12. The first-order chi connectivity index (χ1) is 11.7. The quantitative estimate of drug-likeness (QED) is 0.894. The molecular weight excluding hydrogens is 326 g/mol. The van der Waals surface area contributed by atoms with E-state index in [1.165, 1.54) is 12.8 Å². The van der Waals surface area contributed by atoms with Crippen molar-refractivity contribution in [2.45, 2.75) is 25.3 Å². The molecule has 2 heterocycles. The molecule has 1 saturated heterocycles. The summed E-state index contributed by atoms with van der Waals surface area (Å²) in [5.74, 6) is 1.72. The molecule has 7 heteroatoms. The Hall–Kier alpha value is -2.02. The summed E-state index contributed by atoms with van der Waals surface area (Å²) in [5.41, 5.74) is 1.31. The smallest absolute Gasteiger partial charge is 0.243 e. The van der Waals surface area contributed by atoms with Crippen LogP contribution in [0.15, 0.2) is 28.8 Å². The van der Waals surface area contributed by atoms with Gasteiger partial charge in [-0.05, 0) is 30.9 Å². The molecule has 24 heavy (non-hydrogen) atoms. The highest BCUT2D eigenvalue weighted by molar-refractivity contribution is 7.99. The number of nitrogens with zero attached hydrogens (tertiary/aromatic N) is 2. The van der Waals surface area contributed by atoms with E-state index in [1.807, 2.05) is 24.3 Å². The number of carbonyl (C=O) groups is 2. The fraction of sp³-hybridized carbons (Fsp3) is 0.471. The molecule has 2 aliphatic rings. The van der Waals surface area contributed by atoms with Crippen LogP contribution in [0.5, 0.6) is 0 Å². The predicted molar refractivity (Wildman–Crippen MR) is 91.4 cm³/mol. The van der Waals surface area contributed by atoms with Crippen molar-refractivity contribution in [3.63, 3.8) is 0 Å². The van der Waals surface area contributed by atoms with Gasteiger partial charge in [0, 0.05) is 17.7 Å². The Morgan fingerprint density at radius 1 is 1.33 bits per heavy atom. The van der Waals surface area contributed by atoms with E-state index in [-0.39, 0.29) is 24.3 Å². The molecular formula is C17H19N3O3S. The molecule has 0 unspecified atom stereocenters. The van der Waals surface area contributed by atoms with Crippen molar-refractivity contribution < 1.29 is 14.1 Å².